The highest BCUT2D eigenvalue weighted by Crippen LogP contribution is 2.13. The van der Waals surface area contributed by atoms with Gasteiger partial charge < -0.3 is 10.6 Å². The molecule has 5 nitrogen and oxygen atoms in total. The molecule has 1 fully saturated rings. The van der Waals surface area contributed by atoms with E-state index in [1.165, 1.54) is 5.56 Å². The smallest absolute Gasteiger partial charge is 0.253 e. The molecule has 0 spiro atoms. The van der Waals surface area contributed by atoms with Crippen molar-refractivity contribution >= 4 is 11.8 Å². The van der Waals surface area contributed by atoms with Crippen LogP contribution in [0.15, 0.2) is 48.5 Å². The van der Waals surface area contributed by atoms with Crippen molar-refractivity contribution < 1.29 is 9.59 Å². The molecule has 0 bridgehead atoms. The van der Waals surface area contributed by atoms with E-state index in [0.29, 0.717) is 5.56 Å². The molecule has 0 aliphatic carbocycles. The Morgan fingerprint density at radius 1 is 0.846 bits per heavy atom. The number of nitrogens with zero attached hydrogens (tertiary/aromatic N) is 2. The van der Waals surface area contributed by atoms with Gasteiger partial charge in [-0.15, -0.1) is 0 Å². The molecule has 0 aromatic heterocycles. The molecule has 2 N–H and O–H groups in total. The number of hydrogen-bond donors (Lipinski definition) is 1. The highest BCUT2D eigenvalue weighted by Gasteiger charge is 2.22. The largest absolute Gasteiger partial charge is 0.366 e. The minimum absolute atomic E-state index is 0.109. The maximum atomic E-state index is 12.6. The Kier molecular flexibility index (Phi) is 5.68. The number of benzene rings is 2. The van der Waals surface area contributed by atoms with Gasteiger partial charge in [-0.3, -0.25) is 14.5 Å². The van der Waals surface area contributed by atoms with Gasteiger partial charge in [-0.25, -0.2) is 0 Å². The number of hydrogen-bond acceptors (Lipinski definition) is 3. The highest BCUT2D eigenvalue weighted by molar-refractivity contribution is 5.94. The third kappa shape index (κ3) is 4.29. The zero-order chi connectivity index (χ0) is 18.5. The highest BCUT2D eigenvalue weighted by atomic mass is 16.2. The van der Waals surface area contributed by atoms with Gasteiger partial charge in [0.05, 0.1) is 0 Å². The van der Waals surface area contributed by atoms with Crippen LogP contribution in [0.1, 0.15) is 38.8 Å². The van der Waals surface area contributed by atoms with Gasteiger partial charge in [-0.05, 0) is 41.8 Å². The molecule has 136 valence electrons. The first-order chi connectivity index (χ1) is 12.6. The van der Waals surface area contributed by atoms with E-state index in [1.807, 2.05) is 41.3 Å². The van der Waals surface area contributed by atoms with Crippen LogP contribution < -0.4 is 5.73 Å². The lowest BCUT2D eigenvalue weighted by Crippen LogP contribution is -2.48. The molecule has 0 unspecified atom stereocenters. The second kappa shape index (κ2) is 8.15. The van der Waals surface area contributed by atoms with Gasteiger partial charge in [0.2, 0.25) is 5.91 Å². The first kappa shape index (κ1) is 18.1. The van der Waals surface area contributed by atoms with Gasteiger partial charge in [0, 0.05) is 43.9 Å². The van der Waals surface area contributed by atoms with Crippen molar-refractivity contribution in [2.75, 3.05) is 26.2 Å². The summed E-state index contributed by atoms with van der Waals surface area (Å²) in [5, 5.41) is 0. The van der Waals surface area contributed by atoms with Gasteiger partial charge in [0.1, 0.15) is 0 Å². The number of amides is 2. The molecule has 1 aliphatic heterocycles. The van der Waals surface area contributed by atoms with Crippen LogP contribution >= 0.6 is 0 Å². The van der Waals surface area contributed by atoms with Crippen molar-refractivity contribution in [3.05, 3.63) is 70.8 Å². The molecule has 1 saturated heterocycles. The maximum Gasteiger partial charge on any atom is 0.253 e. The van der Waals surface area contributed by atoms with Crippen molar-refractivity contribution in [3.8, 4) is 0 Å². The van der Waals surface area contributed by atoms with E-state index < -0.39 is 5.91 Å². The minimum atomic E-state index is -0.407. The Bertz CT molecular complexity index is 761. The van der Waals surface area contributed by atoms with Crippen molar-refractivity contribution in [3.63, 3.8) is 0 Å². The Balaban J connectivity index is 1.53. The van der Waals surface area contributed by atoms with Crippen LogP contribution in [0.5, 0.6) is 0 Å². The summed E-state index contributed by atoms with van der Waals surface area (Å²) < 4.78 is 0. The average molecular weight is 351 g/mol. The van der Waals surface area contributed by atoms with E-state index in [9.17, 15) is 9.59 Å². The fourth-order valence-corrected chi connectivity index (χ4v) is 3.21. The molecule has 2 aromatic carbocycles. The fourth-order valence-electron chi connectivity index (χ4n) is 3.21. The number of nitrogens with two attached hydrogens (primary N) is 1. The number of carbonyl (C=O) groups is 2. The van der Waals surface area contributed by atoms with E-state index in [1.54, 1.807) is 12.1 Å². The van der Waals surface area contributed by atoms with Gasteiger partial charge in [-0.2, -0.15) is 0 Å². The number of primary amides is 1. The molecule has 26 heavy (non-hydrogen) atoms. The maximum absolute atomic E-state index is 12.6. The third-order valence-corrected chi connectivity index (χ3v) is 4.91. The summed E-state index contributed by atoms with van der Waals surface area (Å²) >= 11 is 0. The Morgan fingerprint density at radius 2 is 1.38 bits per heavy atom. The van der Waals surface area contributed by atoms with Crippen LogP contribution in [0.3, 0.4) is 0 Å². The molecule has 0 atom stereocenters. The molecule has 5 heteroatoms. The first-order valence-electron chi connectivity index (χ1n) is 9.06. The Labute approximate surface area is 154 Å². The molecule has 0 saturated carbocycles. The predicted octanol–water partition coefficient (Wildman–Crippen LogP) is 2.31. The summed E-state index contributed by atoms with van der Waals surface area (Å²) in [5.74, 6) is -0.297. The van der Waals surface area contributed by atoms with Crippen LogP contribution in [0.2, 0.25) is 0 Å². The molecule has 1 aliphatic rings. The van der Waals surface area contributed by atoms with E-state index in [-0.39, 0.29) is 5.91 Å². The van der Waals surface area contributed by atoms with E-state index in [4.69, 9.17) is 5.73 Å². The topological polar surface area (TPSA) is 66.6 Å². The zero-order valence-electron chi connectivity index (χ0n) is 15.1. The Morgan fingerprint density at radius 3 is 1.92 bits per heavy atom. The number of piperazine rings is 1. The Hall–Kier alpha value is -2.66. The summed E-state index contributed by atoms with van der Waals surface area (Å²) in [6.07, 6.45) is 0.980. The number of aryl methyl sites for hydroxylation is 1. The first-order valence-corrected chi connectivity index (χ1v) is 9.06. The fraction of sp³-hybridized carbons (Fsp3) is 0.333. The summed E-state index contributed by atoms with van der Waals surface area (Å²) in [5.41, 5.74) is 8.94. The van der Waals surface area contributed by atoms with Gasteiger partial charge >= 0.3 is 0 Å². The van der Waals surface area contributed by atoms with Crippen LogP contribution in [0.25, 0.3) is 0 Å². The SMILES string of the molecule is CCc1ccc(C(=O)N2CCN(Cc3ccc(C(N)=O)cc3)CC2)cc1. The van der Waals surface area contributed by atoms with Gasteiger partial charge in [0.15, 0.2) is 0 Å². The quantitative estimate of drug-likeness (QED) is 0.899. The van der Waals surface area contributed by atoms with Crippen molar-refractivity contribution in [2.45, 2.75) is 19.9 Å². The monoisotopic (exact) mass is 351 g/mol. The summed E-state index contributed by atoms with van der Waals surface area (Å²) in [6, 6.07) is 15.3. The number of rotatable bonds is 5. The van der Waals surface area contributed by atoms with Gasteiger partial charge in [-0.1, -0.05) is 31.2 Å². The molecular weight excluding hydrogens is 326 g/mol. The van der Waals surface area contributed by atoms with Crippen LogP contribution in [0, 0.1) is 0 Å². The average Bonchev–Trinajstić information content (AvgIpc) is 2.68. The minimum Gasteiger partial charge on any atom is -0.366 e. The molecular formula is C21H25N3O2. The van der Waals surface area contributed by atoms with Crippen LogP contribution in [-0.2, 0) is 13.0 Å². The second-order valence-electron chi connectivity index (χ2n) is 6.68. The van der Waals surface area contributed by atoms with E-state index in [0.717, 1.165) is 50.3 Å². The van der Waals surface area contributed by atoms with Crippen molar-refractivity contribution in [1.29, 1.82) is 0 Å². The summed E-state index contributed by atoms with van der Waals surface area (Å²) in [4.78, 5) is 28.0. The molecule has 0 radical (unpaired) electrons. The van der Waals surface area contributed by atoms with E-state index in [2.05, 4.69) is 11.8 Å². The zero-order valence-corrected chi connectivity index (χ0v) is 15.1. The lowest BCUT2D eigenvalue weighted by atomic mass is 10.1. The molecule has 2 amide bonds. The van der Waals surface area contributed by atoms with Crippen LogP contribution in [-0.4, -0.2) is 47.8 Å². The second-order valence-corrected chi connectivity index (χ2v) is 6.68. The standard InChI is InChI=1S/C21H25N3O2/c1-2-16-3-9-19(10-4-16)21(26)24-13-11-23(12-14-24)15-17-5-7-18(8-6-17)20(22)25/h3-10H,2,11-15H2,1H3,(H2,22,25). The summed E-state index contributed by atoms with van der Waals surface area (Å²) in [7, 11) is 0. The van der Waals surface area contributed by atoms with Crippen molar-refractivity contribution in [1.82, 2.24) is 9.80 Å². The van der Waals surface area contributed by atoms with E-state index >= 15 is 0 Å². The van der Waals surface area contributed by atoms with Gasteiger partial charge in [0.25, 0.3) is 5.91 Å². The lowest BCUT2D eigenvalue weighted by Gasteiger charge is -2.34. The summed E-state index contributed by atoms with van der Waals surface area (Å²) in [6.45, 7) is 6.07. The molecule has 2 aromatic rings. The van der Waals surface area contributed by atoms with Crippen LogP contribution in [0.4, 0.5) is 0 Å². The third-order valence-electron chi connectivity index (χ3n) is 4.91. The molecule has 1 heterocycles. The molecule has 3 rings (SSSR count). The van der Waals surface area contributed by atoms with Crippen molar-refractivity contribution in [2.24, 2.45) is 5.73 Å². The lowest BCUT2D eigenvalue weighted by molar-refractivity contribution is 0.0628. The normalized spacial score (nSPS) is 15.0. The predicted molar refractivity (Wildman–Crippen MR) is 102 cm³/mol. The number of carbonyl (C=O) groups excluding carboxylic acids is 2.